The van der Waals surface area contributed by atoms with Crippen LogP contribution >= 0.6 is 11.8 Å². The van der Waals surface area contributed by atoms with Gasteiger partial charge in [-0.05, 0) is 37.9 Å². The van der Waals surface area contributed by atoms with Crippen LogP contribution in [-0.2, 0) is 4.79 Å². The molecule has 1 amide bonds. The zero-order valence-corrected chi connectivity index (χ0v) is 9.61. The number of rotatable bonds is 2. The monoisotopic (exact) mass is 224 g/mol. The Kier molecular flexibility index (Phi) is 3.20. The second-order valence-electron chi connectivity index (χ2n) is 4.43. The number of nitrogens with zero attached hydrogens (tertiary/aromatic N) is 1. The van der Waals surface area contributed by atoms with Gasteiger partial charge in [-0.3, -0.25) is 4.79 Å². The Morgan fingerprint density at radius 2 is 2.27 bits per heavy atom. The zero-order chi connectivity index (χ0) is 10.7. The Morgan fingerprint density at radius 1 is 1.47 bits per heavy atom. The van der Waals surface area contributed by atoms with Crippen LogP contribution in [0.2, 0.25) is 0 Å². The highest BCUT2D eigenvalue weighted by atomic mass is 32.2. The number of carbonyl (C=O) groups excluding carboxylic acids is 1. The van der Waals surface area contributed by atoms with E-state index in [9.17, 15) is 4.79 Å². The van der Waals surface area contributed by atoms with Crippen molar-refractivity contribution in [1.29, 1.82) is 5.26 Å². The minimum absolute atomic E-state index is 0.0243. The molecule has 1 aliphatic carbocycles. The van der Waals surface area contributed by atoms with Crippen LogP contribution in [-0.4, -0.2) is 23.5 Å². The van der Waals surface area contributed by atoms with Crippen LogP contribution in [0.1, 0.15) is 32.1 Å². The molecule has 1 atom stereocenters. The molecular formula is C11H16N2OS. The van der Waals surface area contributed by atoms with E-state index in [1.807, 2.05) is 11.8 Å². The molecule has 0 aromatic heterocycles. The zero-order valence-electron chi connectivity index (χ0n) is 8.79. The quantitative estimate of drug-likeness (QED) is 0.776. The van der Waals surface area contributed by atoms with Gasteiger partial charge < -0.3 is 5.32 Å². The maximum absolute atomic E-state index is 11.9. The molecule has 2 rings (SSSR count). The number of nitrogens with one attached hydrogen (secondary N) is 1. The van der Waals surface area contributed by atoms with Crippen molar-refractivity contribution in [2.24, 2.45) is 5.41 Å². The minimum atomic E-state index is -0.678. The van der Waals surface area contributed by atoms with Gasteiger partial charge in [0.2, 0.25) is 5.91 Å². The van der Waals surface area contributed by atoms with E-state index in [0.717, 1.165) is 31.4 Å². The van der Waals surface area contributed by atoms with E-state index in [0.29, 0.717) is 6.04 Å². The van der Waals surface area contributed by atoms with Gasteiger partial charge in [0, 0.05) is 11.8 Å². The molecule has 1 saturated carbocycles. The van der Waals surface area contributed by atoms with Gasteiger partial charge in [0.25, 0.3) is 0 Å². The highest BCUT2D eigenvalue weighted by molar-refractivity contribution is 7.99. The third kappa shape index (κ3) is 2.12. The van der Waals surface area contributed by atoms with Gasteiger partial charge in [0.05, 0.1) is 6.07 Å². The highest BCUT2D eigenvalue weighted by Crippen LogP contribution is 2.40. The summed E-state index contributed by atoms with van der Waals surface area (Å²) in [5.41, 5.74) is -0.678. The van der Waals surface area contributed by atoms with Gasteiger partial charge in [-0.2, -0.15) is 17.0 Å². The van der Waals surface area contributed by atoms with Crippen molar-refractivity contribution in [2.75, 3.05) is 11.5 Å². The maximum atomic E-state index is 11.9. The molecule has 2 aliphatic rings. The second kappa shape index (κ2) is 4.44. The lowest BCUT2D eigenvalue weighted by molar-refractivity contribution is -0.132. The average molecular weight is 224 g/mol. The Balaban J connectivity index is 1.88. The van der Waals surface area contributed by atoms with Crippen molar-refractivity contribution in [3.8, 4) is 6.07 Å². The Hall–Kier alpha value is -0.690. The molecule has 1 unspecified atom stereocenters. The predicted octanol–water partition coefficient (Wildman–Crippen LogP) is 1.69. The van der Waals surface area contributed by atoms with E-state index < -0.39 is 5.41 Å². The van der Waals surface area contributed by atoms with E-state index in [1.54, 1.807) is 0 Å². The first-order valence-corrected chi connectivity index (χ1v) is 6.72. The third-order valence-electron chi connectivity index (χ3n) is 3.35. The Bertz CT molecular complexity index is 287. The van der Waals surface area contributed by atoms with Crippen molar-refractivity contribution in [2.45, 2.75) is 38.1 Å². The lowest BCUT2D eigenvalue weighted by Crippen LogP contribution is -2.49. The van der Waals surface area contributed by atoms with Gasteiger partial charge in [-0.15, -0.1) is 0 Å². The molecule has 1 N–H and O–H groups in total. The molecule has 82 valence electrons. The summed E-state index contributed by atoms with van der Waals surface area (Å²) in [6.45, 7) is 0. The van der Waals surface area contributed by atoms with E-state index in [2.05, 4.69) is 11.4 Å². The summed E-state index contributed by atoms with van der Waals surface area (Å²) in [6, 6.07) is 2.48. The number of nitriles is 1. The summed E-state index contributed by atoms with van der Waals surface area (Å²) in [5.74, 6) is 2.19. The number of hydrogen-bond donors (Lipinski definition) is 1. The lowest BCUT2D eigenvalue weighted by Gasteiger charge is -2.35. The fourth-order valence-corrected chi connectivity index (χ4v) is 3.17. The van der Waals surface area contributed by atoms with Crippen molar-refractivity contribution in [3.63, 3.8) is 0 Å². The molecular weight excluding hydrogens is 208 g/mol. The van der Waals surface area contributed by atoms with E-state index in [4.69, 9.17) is 5.26 Å². The summed E-state index contributed by atoms with van der Waals surface area (Å²) in [5, 5.41) is 12.1. The predicted molar refractivity (Wildman–Crippen MR) is 60.4 cm³/mol. The second-order valence-corrected chi connectivity index (χ2v) is 5.58. The molecule has 1 saturated heterocycles. The standard InChI is InChI=1S/C11H16N2OS/c12-8-11(4-2-5-11)10(14)13-9-3-1-6-15-7-9/h9H,1-7H2,(H,13,14). The van der Waals surface area contributed by atoms with Gasteiger partial charge in [-0.25, -0.2) is 0 Å². The van der Waals surface area contributed by atoms with Crippen LogP contribution in [0.3, 0.4) is 0 Å². The number of hydrogen-bond acceptors (Lipinski definition) is 3. The highest BCUT2D eigenvalue weighted by Gasteiger charge is 2.45. The summed E-state index contributed by atoms with van der Waals surface area (Å²) in [7, 11) is 0. The molecule has 15 heavy (non-hydrogen) atoms. The molecule has 1 heterocycles. The van der Waals surface area contributed by atoms with Crippen molar-refractivity contribution < 1.29 is 4.79 Å². The summed E-state index contributed by atoms with van der Waals surface area (Å²) >= 11 is 1.89. The first-order chi connectivity index (χ1) is 7.27. The first-order valence-electron chi connectivity index (χ1n) is 5.57. The number of carbonyl (C=O) groups is 1. The van der Waals surface area contributed by atoms with Crippen LogP contribution in [0, 0.1) is 16.7 Å². The molecule has 0 radical (unpaired) electrons. The number of amides is 1. The van der Waals surface area contributed by atoms with E-state index >= 15 is 0 Å². The van der Waals surface area contributed by atoms with Crippen LogP contribution in [0.4, 0.5) is 0 Å². The van der Waals surface area contributed by atoms with Gasteiger partial charge >= 0.3 is 0 Å². The molecule has 4 heteroatoms. The largest absolute Gasteiger partial charge is 0.351 e. The van der Waals surface area contributed by atoms with Gasteiger partial charge in [0.1, 0.15) is 5.41 Å². The fraction of sp³-hybridized carbons (Fsp3) is 0.818. The topological polar surface area (TPSA) is 52.9 Å². The molecule has 0 bridgehead atoms. The minimum Gasteiger partial charge on any atom is -0.351 e. The molecule has 0 aromatic rings. The van der Waals surface area contributed by atoms with Crippen molar-refractivity contribution in [3.05, 3.63) is 0 Å². The lowest BCUT2D eigenvalue weighted by atomic mass is 9.69. The first kappa shape index (κ1) is 10.8. The van der Waals surface area contributed by atoms with Crippen molar-refractivity contribution >= 4 is 17.7 Å². The molecule has 0 aromatic carbocycles. The summed E-state index contributed by atoms with van der Waals surface area (Å²) in [6.07, 6.45) is 4.75. The Morgan fingerprint density at radius 3 is 2.73 bits per heavy atom. The molecule has 2 fully saturated rings. The molecule has 3 nitrogen and oxygen atoms in total. The Labute approximate surface area is 94.6 Å². The smallest absolute Gasteiger partial charge is 0.240 e. The van der Waals surface area contributed by atoms with Crippen LogP contribution in [0.15, 0.2) is 0 Å². The fourth-order valence-electron chi connectivity index (χ4n) is 2.10. The summed E-state index contributed by atoms with van der Waals surface area (Å²) < 4.78 is 0. The van der Waals surface area contributed by atoms with Crippen molar-refractivity contribution in [1.82, 2.24) is 5.32 Å². The van der Waals surface area contributed by atoms with E-state index in [-0.39, 0.29) is 5.91 Å². The average Bonchev–Trinajstić information content (AvgIpc) is 2.18. The maximum Gasteiger partial charge on any atom is 0.240 e. The normalized spacial score (nSPS) is 28.6. The van der Waals surface area contributed by atoms with Gasteiger partial charge in [-0.1, -0.05) is 0 Å². The van der Waals surface area contributed by atoms with Gasteiger partial charge in [0.15, 0.2) is 0 Å². The number of thioether (sulfide) groups is 1. The van der Waals surface area contributed by atoms with E-state index in [1.165, 1.54) is 12.2 Å². The van der Waals surface area contributed by atoms with Crippen LogP contribution < -0.4 is 5.32 Å². The van der Waals surface area contributed by atoms with Crippen LogP contribution in [0.5, 0.6) is 0 Å². The SMILES string of the molecule is N#CC1(C(=O)NC2CCCSC2)CCC1. The summed E-state index contributed by atoms with van der Waals surface area (Å²) in [4.78, 5) is 11.9. The van der Waals surface area contributed by atoms with Crippen LogP contribution in [0.25, 0.3) is 0 Å². The molecule has 0 spiro atoms. The third-order valence-corrected chi connectivity index (χ3v) is 4.57. The molecule has 1 aliphatic heterocycles.